The Morgan fingerprint density at radius 2 is 1.83 bits per heavy atom. The number of aromatic amines is 1. The molecular formula is C23H25N7. The first-order valence-electron chi connectivity index (χ1n) is 10.4. The van der Waals surface area contributed by atoms with Crippen LogP contribution in [-0.2, 0) is 0 Å². The molecule has 1 saturated heterocycles. The van der Waals surface area contributed by atoms with Crippen molar-refractivity contribution in [1.29, 1.82) is 0 Å². The van der Waals surface area contributed by atoms with E-state index >= 15 is 0 Å². The van der Waals surface area contributed by atoms with E-state index in [9.17, 15) is 0 Å². The Bertz CT molecular complexity index is 1180. The van der Waals surface area contributed by atoms with Gasteiger partial charge in [-0.1, -0.05) is 13.0 Å². The van der Waals surface area contributed by atoms with Crippen LogP contribution in [0.5, 0.6) is 0 Å². The summed E-state index contributed by atoms with van der Waals surface area (Å²) >= 11 is 0. The molecule has 5 heterocycles. The zero-order chi connectivity index (χ0) is 20.5. The summed E-state index contributed by atoms with van der Waals surface area (Å²) in [5, 5.41) is 7.41. The van der Waals surface area contributed by atoms with Crippen molar-refractivity contribution in [3.63, 3.8) is 0 Å². The molecule has 1 aliphatic heterocycles. The molecule has 7 nitrogen and oxygen atoms in total. The summed E-state index contributed by atoms with van der Waals surface area (Å²) in [6.45, 7) is 9.52. The van der Waals surface area contributed by atoms with Crippen LogP contribution in [0.1, 0.15) is 12.6 Å². The summed E-state index contributed by atoms with van der Waals surface area (Å²) in [7, 11) is 0. The van der Waals surface area contributed by atoms with Crippen molar-refractivity contribution < 1.29 is 0 Å². The number of fused-ring (bicyclic) bond motifs is 1. The summed E-state index contributed by atoms with van der Waals surface area (Å²) < 4.78 is 0. The largest absolute Gasteiger partial charge is 0.368 e. The van der Waals surface area contributed by atoms with Crippen LogP contribution in [0.4, 0.5) is 5.69 Å². The molecule has 0 amide bonds. The van der Waals surface area contributed by atoms with Gasteiger partial charge in [0.2, 0.25) is 0 Å². The number of aryl methyl sites for hydroxylation is 1. The Morgan fingerprint density at radius 3 is 2.63 bits per heavy atom. The molecule has 5 rings (SSSR count). The lowest BCUT2D eigenvalue weighted by molar-refractivity contribution is 0.271. The minimum absolute atomic E-state index is 0.811. The van der Waals surface area contributed by atoms with Crippen LogP contribution in [0.15, 0.2) is 48.8 Å². The van der Waals surface area contributed by atoms with Crippen molar-refractivity contribution in [2.75, 3.05) is 37.6 Å². The molecule has 4 aromatic rings. The topological polar surface area (TPSA) is 73.8 Å². The molecule has 7 heteroatoms. The lowest BCUT2D eigenvalue weighted by atomic mass is 10.1. The number of aromatic nitrogens is 5. The fourth-order valence-electron chi connectivity index (χ4n) is 4.00. The molecule has 0 unspecified atom stereocenters. The summed E-state index contributed by atoms with van der Waals surface area (Å²) in [5.74, 6) is 0. The molecule has 0 radical (unpaired) electrons. The standard InChI is InChI=1S/C23H25N7/c1-3-29-9-11-30(12-10-29)17-13-22-20(24-14-17)8-7-19(27-22)18-15-25-28-23(18)21-6-4-5-16(2)26-21/h4-8,13-15H,3,9-12H2,1-2H3,(H,25,28). The van der Waals surface area contributed by atoms with E-state index in [1.54, 1.807) is 0 Å². The molecule has 1 aliphatic rings. The van der Waals surface area contributed by atoms with E-state index in [0.29, 0.717) is 0 Å². The van der Waals surface area contributed by atoms with Crippen LogP contribution in [0.3, 0.4) is 0 Å². The maximum Gasteiger partial charge on any atom is 0.120 e. The first-order chi connectivity index (χ1) is 14.7. The highest BCUT2D eigenvalue weighted by molar-refractivity contribution is 5.84. The Hall–Kier alpha value is -3.32. The predicted octanol–water partition coefficient (Wildman–Crippen LogP) is 3.53. The van der Waals surface area contributed by atoms with Gasteiger partial charge in [-0.15, -0.1) is 0 Å². The normalized spacial score (nSPS) is 15.1. The number of hydrogen-bond donors (Lipinski definition) is 1. The van der Waals surface area contributed by atoms with Crippen molar-refractivity contribution in [3.8, 4) is 22.6 Å². The van der Waals surface area contributed by atoms with Crippen LogP contribution in [0.2, 0.25) is 0 Å². The van der Waals surface area contributed by atoms with Gasteiger partial charge in [0.1, 0.15) is 5.69 Å². The molecule has 0 saturated carbocycles. The number of hydrogen-bond acceptors (Lipinski definition) is 6. The van der Waals surface area contributed by atoms with E-state index in [-0.39, 0.29) is 0 Å². The second kappa shape index (κ2) is 7.84. The van der Waals surface area contributed by atoms with Gasteiger partial charge in [-0.25, -0.2) is 4.98 Å². The Balaban J connectivity index is 1.49. The van der Waals surface area contributed by atoms with Gasteiger partial charge in [-0.05, 0) is 43.8 Å². The lowest BCUT2D eigenvalue weighted by Crippen LogP contribution is -2.46. The van der Waals surface area contributed by atoms with Gasteiger partial charge in [0, 0.05) is 43.6 Å². The Morgan fingerprint density at radius 1 is 0.967 bits per heavy atom. The highest BCUT2D eigenvalue weighted by Gasteiger charge is 2.17. The molecule has 0 aromatic carbocycles. The fraction of sp³-hybridized carbons (Fsp3) is 0.304. The third kappa shape index (κ3) is 3.52. The molecule has 0 aliphatic carbocycles. The molecule has 0 bridgehead atoms. The minimum atomic E-state index is 0.811. The second-order valence-corrected chi connectivity index (χ2v) is 7.66. The first kappa shape index (κ1) is 18.7. The van der Waals surface area contributed by atoms with Gasteiger partial charge in [-0.3, -0.25) is 15.1 Å². The molecule has 0 atom stereocenters. The van der Waals surface area contributed by atoms with E-state index in [1.807, 2.05) is 49.6 Å². The third-order valence-electron chi connectivity index (χ3n) is 5.75. The van der Waals surface area contributed by atoms with E-state index in [0.717, 1.165) is 77.8 Å². The van der Waals surface area contributed by atoms with Crippen LogP contribution in [-0.4, -0.2) is 62.8 Å². The van der Waals surface area contributed by atoms with Crippen LogP contribution in [0.25, 0.3) is 33.7 Å². The molecule has 0 spiro atoms. The quantitative estimate of drug-likeness (QED) is 0.566. The van der Waals surface area contributed by atoms with Crippen molar-refractivity contribution >= 4 is 16.7 Å². The van der Waals surface area contributed by atoms with Crippen LogP contribution in [0, 0.1) is 6.92 Å². The Kier molecular flexibility index (Phi) is 4.88. The average molecular weight is 400 g/mol. The maximum absolute atomic E-state index is 4.93. The zero-order valence-electron chi connectivity index (χ0n) is 17.3. The summed E-state index contributed by atoms with van der Waals surface area (Å²) in [6.07, 6.45) is 3.85. The predicted molar refractivity (Wildman–Crippen MR) is 119 cm³/mol. The summed E-state index contributed by atoms with van der Waals surface area (Å²) in [4.78, 5) is 19.1. The minimum Gasteiger partial charge on any atom is -0.368 e. The van der Waals surface area contributed by atoms with Gasteiger partial charge < -0.3 is 9.80 Å². The highest BCUT2D eigenvalue weighted by Crippen LogP contribution is 2.29. The molecule has 4 aromatic heterocycles. The van der Waals surface area contributed by atoms with Gasteiger partial charge in [0.05, 0.1) is 34.3 Å². The van der Waals surface area contributed by atoms with E-state index in [2.05, 4.69) is 43.0 Å². The Labute approximate surface area is 175 Å². The number of piperazine rings is 1. The monoisotopic (exact) mass is 399 g/mol. The molecule has 1 fully saturated rings. The zero-order valence-corrected chi connectivity index (χ0v) is 17.3. The van der Waals surface area contributed by atoms with Crippen molar-refractivity contribution in [2.45, 2.75) is 13.8 Å². The van der Waals surface area contributed by atoms with Gasteiger partial charge in [-0.2, -0.15) is 5.10 Å². The SMILES string of the molecule is CCN1CCN(c2cnc3ccc(-c4c[nH]nc4-c4cccc(C)n4)nc3c2)CC1. The fourth-order valence-corrected chi connectivity index (χ4v) is 4.00. The van der Waals surface area contributed by atoms with Crippen LogP contribution >= 0.6 is 0 Å². The number of rotatable bonds is 4. The number of nitrogens with one attached hydrogen (secondary N) is 1. The van der Waals surface area contributed by atoms with Crippen LogP contribution < -0.4 is 4.90 Å². The number of likely N-dealkylation sites (N-methyl/N-ethyl adjacent to an activating group) is 1. The molecule has 30 heavy (non-hydrogen) atoms. The highest BCUT2D eigenvalue weighted by atomic mass is 15.3. The van der Waals surface area contributed by atoms with Gasteiger partial charge in [0.15, 0.2) is 0 Å². The molecule has 1 N–H and O–H groups in total. The number of pyridine rings is 3. The summed E-state index contributed by atoms with van der Waals surface area (Å²) in [6, 6.07) is 12.1. The van der Waals surface area contributed by atoms with E-state index in [4.69, 9.17) is 4.98 Å². The summed E-state index contributed by atoms with van der Waals surface area (Å²) in [5.41, 5.74) is 7.35. The molecular weight excluding hydrogens is 374 g/mol. The molecule has 152 valence electrons. The van der Waals surface area contributed by atoms with Gasteiger partial charge in [0.25, 0.3) is 0 Å². The smallest absolute Gasteiger partial charge is 0.120 e. The van der Waals surface area contributed by atoms with E-state index < -0.39 is 0 Å². The third-order valence-corrected chi connectivity index (χ3v) is 5.75. The van der Waals surface area contributed by atoms with Crippen molar-refractivity contribution in [2.24, 2.45) is 0 Å². The number of H-pyrrole nitrogens is 1. The maximum atomic E-state index is 4.93. The second-order valence-electron chi connectivity index (χ2n) is 7.66. The van der Waals surface area contributed by atoms with E-state index in [1.165, 1.54) is 0 Å². The first-order valence-corrected chi connectivity index (χ1v) is 10.4. The number of anilines is 1. The van der Waals surface area contributed by atoms with Crippen molar-refractivity contribution in [1.82, 2.24) is 30.0 Å². The number of nitrogens with zero attached hydrogens (tertiary/aromatic N) is 6. The van der Waals surface area contributed by atoms with Gasteiger partial charge >= 0.3 is 0 Å². The van der Waals surface area contributed by atoms with Crippen molar-refractivity contribution in [3.05, 3.63) is 54.5 Å². The average Bonchev–Trinajstić information content (AvgIpc) is 3.28. The lowest BCUT2D eigenvalue weighted by Gasteiger charge is -2.35.